The maximum absolute atomic E-state index is 4.53. The highest BCUT2D eigenvalue weighted by Crippen LogP contribution is 2.22. The molecule has 3 rings (SSSR count). The highest BCUT2D eigenvalue weighted by atomic mass is 15.3. The van der Waals surface area contributed by atoms with E-state index in [4.69, 9.17) is 0 Å². The van der Waals surface area contributed by atoms with Crippen molar-refractivity contribution in [2.24, 2.45) is 13.0 Å². The summed E-state index contributed by atoms with van der Waals surface area (Å²) in [6, 6.07) is 0. The van der Waals surface area contributed by atoms with Crippen LogP contribution in [-0.2, 0) is 20.0 Å². The van der Waals surface area contributed by atoms with Crippen LogP contribution in [0.4, 0.5) is 5.82 Å². The van der Waals surface area contributed by atoms with Crippen LogP contribution in [0.1, 0.15) is 36.2 Å². The number of hydrogen-bond acceptors (Lipinski definition) is 5. The number of aromatic nitrogens is 4. The Balaban J connectivity index is 1.53. The Labute approximate surface area is 144 Å². The predicted molar refractivity (Wildman–Crippen MR) is 95.8 cm³/mol. The molecule has 130 valence electrons. The molecule has 2 aromatic heterocycles. The Bertz CT molecular complexity index is 648. The highest BCUT2D eigenvalue weighted by Gasteiger charge is 2.19. The molecule has 0 bridgehead atoms. The number of hydrogen-bond donors (Lipinski definition) is 1. The summed E-state index contributed by atoms with van der Waals surface area (Å²) in [6.07, 6.45) is 10.5. The zero-order chi connectivity index (χ0) is 16.9. The van der Waals surface area contributed by atoms with Gasteiger partial charge in [-0.1, -0.05) is 0 Å². The first-order valence-corrected chi connectivity index (χ1v) is 8.84. The third kappa shape index (κ3) is 4.12. The van der Waals surface area contributed by atoms with Crippen molar-refractivity contribution in [2.75, 3.05) is 25.5 Å². The second kappa shape index (κ2) is 7.75. The number of aryl methyl sites for hydroxylation is 1. The molecule has 1 N–H and O–H groups in total. The fourth-order valence-electron chi connectivity index (χ4n) is 3.41. The molecule has 1 aliphatic rings. The van der Waals surface area contributed by atoms with E-state index in [2.05, 4.69) is 32.2 Å². The molecule has 0 amide bonds. The summed E-state index contributed by atoms with van der Waals surface area (Å²) in [5, 5.41) is 7.38. The Morgan fingerprint density at radius 3 is 2.71 bits per heavy atom. The minimum absolute atomic E-state index is 0.708. The minimum atomic E-state index is 0.708. The van der Waals surface area contributed by atoms with Gasteiger partial charge >= 0.3 is 0 Å². The lowest BCUT2D eigenvalue weighted by Gasteiger charge is -2.20. The van der Waals surface area contributed by atoms with Gasteiger partial charge in [-0.2, -0.15) is 5.10 Å². The summed E-state index contributed by atoms with van der Waals surface area (Å²) < 4.78 is 1.96. The van der Waals surface area contributed by atoms with Gasteiger partial charge in [0.15, 0.2) is 0 Å². The molecular formula is C18H28N6. The minimum Gasteiger partial charge on any atom is -0.372 e. The predicted octanol–water partition coefficient (Wildman–Crippen LogP) is 2.41. The average molecular weight is 328 g/mol. The SMILES string of the molecule is CNc1cnc(C[C@@H]2CCCN(Cc3cnn(C)c3C)CC2)cn1. The Morgan fingerprint density at radius 1 is 1.17 bits per heavy atom. The molecule has 1 saturated heterocycles. The molecule has 6 heteroatoms. The molecule has 0 aliphatic carbocycles. The summed E-state index contributed by atoms with van der Waals surface area (Å²) in [5.74, 6) is 1.54. The first-order valence-electron chi connectivity index (χ1n) is 8.84. The van der Waals surface area contributed by atoms with E-state index in [0.29, 0.717) is 5.92 Å². The van der Waals surface area contributed by atoms with Gasteiger partial charge in [-0.25, -0.2) is 4.98 Å². The molecule has 1 fully saturated rings. The zero-order valence-corrected chi connectivity index (χ0v) is 15.0. The largest absolute Gasteiger partial charge is 0.372 e. The second-order valence-corrected chi connectivity index (χ2v) is 6.80. The highest BCUT2D eigenvalue weighted by molar-refractivity contribution is 5.29. The van der Waals surface area contributed by atoms with E-state index in [0.717, 1.165) is 31.0 Å². The molecule has 0 unspecified atom stereocenters. The van der Waals surface area contributed by atoms with E-state index >= 15 is 0 Å². The van der Waals surface area contributed by atoms with E-state index in [-0.39, 0.29) is 0 Å². The van der Waals surface area contributed by atoms with Crippen LogP contribution in [0.5, 0.6) is 0 Å². The van der Waals surface area contributed by atoms with Crippen molar-refractivity contribution in [3.05, 3.63) is 35.5 Å². The first-order chi connectivity index (χ1) is 11.7. The van der Waals surface area contributed by atoms with Crippen LogP contribution in [0.3, 0.4) is 0 Å². The van der Waals surface area contributed by atoms with Crippen molar-refractivity contribution < 1.29 is 0 Å². The number of likely N-dealkylation sites (tertiary alicyclic amines) is 1. The Morgan fingerprint density at radius 2 is 2.04 bits per heavy atom. The lowest BCUT2D eigenvalue weighted by atomic mass is 9.95. The standard InChI is InChI=1S/C18H28N6/c1-14-16(10-22-23(14)3)13-24-7-4-5-15(6-8-24)9-17-11-21-18(19-2)12-20-17/h10-12,15H,4-9,13H2,1-3H3,(H,19,21)/t15-/m1/s1. The van der Waals surface area contributed by atoms with Gasteiger partial charge in [-0.05, 0) is 51.6 Å². The van der Waals surface area contributed by atoms with Crippen LogP contribution in [0.2, 0.25) is 0 Å². The van der Waals surface area contributed by atoms with Crippen molar-refractivity contribution in [1.82, 2.24) is 24.6 Å². The fraction of sp³-hybridized carbons (Fsp3) is 0.611. The molecule has 2 aromatic rings. The summed E-state index contributed by atoms with van der Waals surface area (Å²) >= 11 is 0. The number of nitrogens with zero attached hydrogens (tertiary/aromatic N) is 5. The molecule has 0 spiro atoms. The van der Waals surface area contributed by atoms with E-state index in [1.165, 1.54) is 37.1 Å². The summed E-state index contributed by atoms with van der Waals surface area (Å²) in [6.45, 7) is 5.50. The lowest BCUT2D eigenvalue weighted by molar-refractivity contribution is 0.271. The van der Waals surface area contributed by atoms with E-state index in [9.17, 15) is 0 Å². The summed E-state index contributed by atoms with van der Waals surface area (Å²) in [4.78, 5) is 11.5. The van der Waals surface area contributed by atoms with E-state index in [1.54, 1.807) is 0 Å². The third-order valence-electron chi connectivity index (χ3n) is 5.13. The summed E-state index contributed by atoms with van der Waals surface area (Å²) in [7, 11) is 3.88. The molecule has 1 aliphatic heterocycles. The molecule has 0 aromatic carbocycles. The summed E-state index contributed by atoms with van der Waals surface area (Å²) in [5.41, 5.74) is 3.73. The fourth-order valence-corrected chi connectivity index (χ4v) is 3.41. The number of anilines is 1. The lowest BCUT2D eigenvalue weighted by Crippen LogP contribution is -2.24. The van der Waals surface area contributed by atoms with Crippen LogP contribution in [0.15, 0.2) is 18.6 Å². The van der Waals surface area contributed by atoms with Gasteiger partial charge < -0.3 is 5.32 Å². The van der Waals surface area contributed by atoms with Gasteiger partial charge in [0.2, 0.25) is 0 Å². The molecule has 3 heterocycles. The van der Waals surface area contributed by atoms with E-state index < -0.39 is 0 Å². The molecule has 1 atom stereocenters. The van der Waals surface area contributed by atoms with Crippen molar-refractivity contribution >= 4 is 5.82 Å². The molecular weight excluding hydrogens is 300 g/mol. The number of rotatable bonds is 5. The molecule has 24 heavy (non-hydrogen) atoms. The van der Waals surface area contributed by atoms with E-state index in [1.807, 2.05) is 37.4 Å². The molecule has 0 radical (unpaired) electrons. The monoisotopic (exact) mass is 328 g/mol. The average Bonchev–Trinajstić information content (AvgIpc) is 2.78. The van der Waals surface area contributed by atoms with Crippen molar-refractivity contribution in [3.8, 4) is 0 Å². The van der Waals surface area contributed by atoms with Crippen LogP contribution < -0.4 is 5.32 Å². The molecule has 6 nitrogen and oxygen atoms in total. The van der Waals surface area contributed by atoms with Crippen molar-refractivity contribution in [1.29, 1.82) is 0 Å². The van der Waals surface area contributed by atoms with Gasteiger partial charge in [0.1, 0.15) is 5.82 Å². The first kappa shape index (κ1) is 16.9. The van der Waals surface area contributed by atoms with Gasteiger partial charge in [0.25, 0.3) is 0 Å². The molecule has 0 saturated carbocycles. The third-order valence-corrected chi connectivity index (χ3v) is 5.13. The topological polar surface area (TPSA) is 58.9 Å². The van der Waals surface area contributed by atoms with Crippen LogP contribution >= 0.6 is 0 Å². The Hall–Kier alpha value is -1.95. The van der Waals surface area contributed by atoms with Crippen molar-refractivity contribution in [2.45, 2.75) is 39.2 Å². The maximum Gasteiger partial charge on any atom is 0.144 e. The second-order valence-electron chi connectivity index (χ2n) is 6.80. The quantitative estimate of drug-likeness (QED) is 0.913. The Kier molecular flexibility index (Phi) is 5.45. The van der Waals surface area contributed by atoms with Crippen molar-refractivity contribution in [3.63, 3.8) is 0 Å². The van der Waals surface area contributed by atoms with Gasteiger partial charge in [-0.3, -0.25) is 14.6 Å². The maximum atomic E-state index is 4.53. The van der Waals surface area contributed by atoms with Gasteiger partial charge in [0, 0.05) is 31.9 Å². The van der Waals surface area contributed by atoms with Gasteiger partial charge in [-0.15, -0.1) is 0 Å². The van der Waals surface area contributed by atoms with Gasteiger partial charge in [0.05, 0.1) is 24.3 Å². The normalized spacial score (nSPS) is 19.2. The smallest absolute Gasteiger partial charge is 0.144 e. The number of nitrogens with one attached hydrogen (secondary N) is 1. The zero-order valence-electron chi connectivity index (χ0n) is 15.0. The van der Waals surface area contributed by atoms with Crippen LogP contribution in [0, 0.1) is 12.8 Å². The van der Waals surface area contributed by atoms with Crippen LogP contribution in [-0.4, -0.2) is 44.8 Å². The van der Waals surface area contributed by atoms with Crippen LogP contribution in [0.25, 0.3) is 0 Å².